The Morgan fingerprint density at radius 3 is 2.66 bits per heavy atom. The third-order valence-electron chi connectivity index (χ3n) is 9.82. The molecular weight excluding hydrogens is 434 g/mol. The van der Waals surface area contributed by atoms with Crippen LogP contribution in [0.5, 0.6) is 0 Å². The molecule has 4 aliphatic rings. The van der Waals surface area contributed by atoms with Crippen LogP contribution in [0.4, 0.5) is 0 Å². The van der Waals surface area contributed by atoms with Gasteiger partial charge in [0.1, 0.15) is 6.10 Å². The van der Waals surface area contributed by atoms with Crippen molar-refractivity contribution in [3.8, 4) is 0 Å². The fourth-order valence-electron chi connectivity index (χ4n) is 8.06. The number of hydrogen-bond donors (Lipinski definition) is 0. The predicted octanol–water partition coefficient (Wildman–Crippen LogP) is 8.17. The molecule has 4 heteroatoms. The van der Waals surface area contributed by atoms with E-state index in [9.17, 15) is 4.79 Å². The quantitative estimate of drug-likeness (QED) is 0.343. The van der Waals surface area contributed by atoms with Gasteiger partial charge in [-0.25, -0.2) is 0 Å². The second-order valence-corrected chi connectivity index (χ2v) is 12.9. The molecule has 1 spiro atoms. The minimum atomic E-state index is -0.334. The van der Waals surface area contributed by atoms with Gasteiger partial charge in [-0.1, -0.05) is 69.8 Å². The van der Waals surface area contributed by atoms with Gasteiger partial charge in [-0.3, -0.25) is 4.79 Å². The van der Waals surface area contributed by atoms with Crippen molar-refractivity contribution >= 4 is 11.7 Å². The number of allylic oxidation sites excluding steroid dienone is 3. The van der Waals surface area contributed by atoms with Crippen LogP contribution in [-0.2, 0) is 14.4 Å². The van der Waals surface area contributed by atoms with Crippen LogP contribution in [-0.4, -0.2) is 23.4 Å². The van der Waals surface area contributed by atoms with Crippen LogP contribution in [0.25, 0.3) is 0 Å². The van der Waals surface area contributed by atoms with Gasteiger partial charge in [0.25, 0.3) is 0 Å². The van der Waals surface area contributed by atoms with Gasteiger partial charge >= 0.3 is 5.97 Å². The summed E-state index contributed by atoms with van der Waals surface area (Å²) in [6, 6.07) is 0. The van der Waals surface area contributed by atoms with Crippen molar-refractivity contribution in [1.82, 2.24) is 0 Å². The molecule has 4 nitrogen and oxygen atoms in total. The van der Waals surface area contributed by atoms with E-state index in [4.69, 9.17) is 9.57 Å². The molecule has 0 bridgehead atoms. The third-order valence-corrected chi connectivity index (χ3v) is 9.82. The summed E-state index contributed by atoms with van der Waals surface area (Å²) in [5.41, 5.74) is 4.06. The maximum Gasteiger partial charge on any atom is 0.302 e. The van der Waals surface area contributed by atoms with E-state index < -0.39 is 0 Å². The van der Waals surface area contributed by atoms with Crippen LogP contribution >= 0.6 is 0 Å². The Hall–Kier alpha value is -1.58. The summed E-state index contributed by atoms with van der Waals surface area (Å²) in [4.78, 5) is 17.7. The van der Waals surface area contributed by atoms with Crippen LogP contribution in [0.15, 0.2) is 28.5 Å². The Kier molecular flexibility index (Phi) is 8.18. The highest BCUT2D eigenvalue weighted by Gasteiger charge is 2.51. The fraction of sp³-hybridized carbons (Fsp3) is 0.806. The molecule has 3 fully saturated rings. The molecule has 0 unspecified atom stereocenters. The van der Waals surface area contributed by atoms with Crippen molar-refractivity contribution in [2.45, 2.75) is 130 Å². The van der Waals surface area contributed by atoms with Crippen molar-refractivity contribution in [3.63, 3.8) is 0 Å². The number of oxime groups is 1. The number of carbonyl (C=O) groups excluding carboxylic acids is 1. The van der Waals surface area contributed by atoms with Gasteiger partial charge < -0.3 is 9.57 Å². The Morgan fingerprint density at radius 2 is 1.97 bits per heavy atom. The topological polar surface area (TPSA) is 47.9 Å². The van der Waals surface area contributed by atoms with E-state index in [2.05, 4.69) is 51.9 Å². The molecule has 3 aliphatic carbocycles. The molecule has 35 heavy (non-hydrogen) atoms. The van der Waals surface area contributed by atoms with E-state index in [1.807, 2.05) is 0 Å². The lowest BCUT2D eigenvalue weighted by molar-refractivity contribution is -0.149. The number of ether oxygens (including phenoxy) is 1. The number of esters is 1. The summed E-state index contributed by atoms with van der Waals surface area (Å²) < 4.78 is 5.62. The molecule has 0 amide bonds. The van der Waals surface area contributed by atoms with Crippen molar-refractivity contribution < 1.29 is 14.4 Å². The zero-order valence-corrected chi connectivity index (χ0v) is 23.2. The molecule has 0 aromatic carbocycles. The maximum atomic E-state index is 11.6. The predicted molar refractivity (Wildman–Crippen MR) is 143 cm³/mol. The van der Waals surface area contributed by atoms with Crippen molar-refractivity contribution in [1.29, 1.82) is 0 Å². The average Bonchev–Trinajstić information content (AvgIpc) is 3.34. The Balaban J connectivity index is 1.52. The van der Waals surface area contributed by atoms with Crippen molar-refractivity contribution in [2.24, 2.45) is 34.2 Å². The first-order chi connectivity index (χ1) is 16.6. The van der Waals surface area contributed by atoms with Gasteiger partial charge in [-0.2, -0.15) is 0 Å². The lowest BCUT2D eigenvalue weighted by atomic mass is 9.60. The van der Waals surface area contributed by atoms with Gasteiger partial charge in [0, 0.05) is 19.8 Å². The Bertz CT molecular complexity index is 870. The Morgan fingerprint density at radius 1 is 1.17 bits per heavy atom. The van der Waals surface area contributed by atoms with Crippen LogP contribution in [0.3, 0.4) is 0 Å². The molecule has 3 saturated carbocycles. The van der Waals surface area contributed by atoms with Crippen LogP contribution in [0.1, 0.15) is 119 Å². The number of rotatable bonds is 7. The molecule has 0 saturated heterocycles. The van der Waals surface area contributed by atoms with E-state index in [1.54, 1.807) is 5.57 Å². The van der Waals surface area contributed by atoms with Crippen molar-refractivity contribution in [2.75, 3.05) is 0 Å². The van der Waals surface area contributed by atoms with E-state index >= 15 is 0 Å². The zero-order chi connectivity index (χ0) is 25.2. The second-order valence-electron chi connectivity index (χ2n) is 12.9. The van der Waals surface area contributed by atoms with E-state index in [0.29, 0.717) is 11.3 Å². The molecule has 0 aromatic rings. The number of fused-ring (bicyclic) bond motifs is 1. The average molecular weight is 484 g/mol. The van der Waals surface area contributed by atoms with Crippen LogP contribution < -0.4 is 0 Å². The highest BCUT2D eigenvalue weighted by atomic mass is 16.7. The minimum Gasteiger partial charge on any atom is -0.462 e. The first-order valence-corrected chi connectivity index (χ1v) is 14.4. The molecule has 1 heterocycles. The SMILES string of the molecule is CC(=O)O[C@H]1CC[C@]2(CC(C)=NO2)/C(=C\C=C2/CCC[C@]3(C)[C@@H]([C@H](C)CCCC(C)C)CC[C@@H]23)C1. The molecule has 6 atom stereocenters. The smallest absolute Gasteiger partial charge is 0.302 e. The first kappa shape index (κ1) is 26.5. The lowest BCUT2D eigenvalue weighted by Crippen LogP contribution is -2.39. The lowest BCUT2D eigenvalue weighted by Gasteiger charge is -2.44. The molecule has 4 rings (SSSR count). The van der Waals surface area contributed by atoms with Gasteiger partial charge in [0.15, 0.2) is 5.60 Å². The monoisotopic (exact) mass is 483 g/mol. The molecule has 0 N–H and O–H groups in total. The first-order valence-electron chi connectivity index (χ1n) is 14.4. The molecule has 196 valence electrons. The zero-order valence-electron chi connectivity index (χ0n) is 23.2. The summed E-state index contributed by atoms with van der Waals surface area (Å²) in [5.74, 6) is 3.00. The largest absolute Gasteiger partial charge is 0.462 e. The summed E-state index contributed by atoms with van der Waals surface area (Å²) in [5, 5.41) is 4.32. The molecular formula is C31H49NO3. The number of carbonyl (C=O) groups is 1. The number of nitrogens with zero attached hydrogens (tertiary/aromatic N) is 1. The molecule has 0 aromatic heterocycles. The van der Waals surface area contributed by atoms with Crippen molar-refractivity contribution in [3.05, 3.63) is 23.3 Å². The van der Waals surface area contributed by atoms with Crippen LogP contribution in [0.2, 0.25) is 0 Å². The summed E-state index contributed by atoms with van der Waals surface area (Å²) in [6.07, 6.45) is 18.8. The van der Waals surface area contributed by atoms with E-state index in [-0.39, 0.29) is 17.7 Å². The second kappa shape index (κ2) is 10.8. The standard InChI is InChI=1S/C31H49NO3/c1-21(2)9-7-10-22(3)28-14-15-29-25(11-8-17-30(28,29)6)12-13-26-19-27(34-24(5)33)16-18-31(26)20-23(4)32-35-31/h12-13,21-22,27-29H,7-11,14-20H2,1-6H3/b25-12+,26-13-/t22-,27+,28-,29+,30-,31+/m1/s1. The summed E-state index contributed by atoms with van der Waals surface area (Å²) in [6.45, 7) is 13.4. The van der Waals surface area contributed by atoms with Gasteiger partial charge in [0.2, 0.25) is 0 Å². The third kappa shape index (κ3) is 5.72. The van der Waals surface area contributed by atoms with E-state index in [0.717, 1.165) is 49.1 Å². The highest BCUT2D eigenvalue weighted by molar-refractivity contribution is 5.84. The van der Waals surface area contributed by atoms with E-state index in [1.165, 1.54) is 63.9 Å². The minimum absolute atomic E-state index is 0.0496. The Labute approximate surface area is 214 Å². The fourth-order valence-corrected chi connectivity index (χ4v) is 8.06. The highest BCUT2D eigenvalue weighted by Crippen LogP contribution is 2.60. The normalized spacial score (nSPS) is 38.0. The van der Waals surface area contributed by atoms with Gasteiger partial charge in [0.05, 0.1) is 5.71 Å². The van der Waals surface area contributed by atoms with Crippen LogP contribution in [0, 0.1) is 29.1 Å². The summed E-state index contributed by atoms with van der Waals surface area (Å²) >= 11 is 0. The maximum absolute atomic E-state index is 11.6. The number of hydrogen-bond acceptors (Lipinski definition) is 4. The van der Waals surface area contributed by atoms with Gasteiger partial charge in [-0.15, -0.1) is 0 Å². The molecule has 0 radical (unpaired) electrons. The summed E-state index contributed by atoms with van der Waals surface area (Å²) in [7, 11) is 0. The molecule has 1 aliphatic heterocycles. The van der Waals surface area contributed by atoms with Gasteiger partial charge in [-0.05, 0) is 86.5 Å².